The number of esters is 1. The number of rotatable bonds is 8. The maximum absolute atomic E-state index is 12.2. The molecule has 0 unspecified atom stereocenters. The molecule has 2 aromatic rings. The molecule has 0 saturated carbocycles. The molecule has 1 heterocycles. The zero-order valence-corrected chi connectivity index (χ0v) is 19.4. The molecule has 1 aliphatic heterocycles. The zero-order valence-electron chi connectivity index (χ0n) is 18.6. The molecule has 1 N–H and O–H groups in total. The minimum atomic E-state index is -3.28. The Morgan fingerprint density at radius 3 is 2.28 bits per heavy atom. The van der Waals surface area contributed by atoms with Crippen LogP contribution in [0.5, 0.6) is 0 Å². The molecule has 0 radical (unpaired) electrons. The number of benzene rings is 2. The van der Waals surface area contributed by atoms with Crippen LogP contribution in [0.2, 0.25) is 0 Å². The predicted octanol–water partition coefficient (Wildman–Crippen LogP) is 3.26. The third-order valence-electron chi connectivity index (χ3n) is 5.27. The van der Waals surface area contributed by atoms with Gasteiger partial charge in [0.2, 0.25) is 10.0 Å². The number of ether oxygens (including phenoxy) is 1. The lowest BCUT2D eigenvalue weighted by Crippen LogP contribution is -2.30. The first kappa shape index (κ1) is 23.6. The van der Waals surface area contributed by atoms with Gasteiger partial charge in [-0.3, -0.25) is 9.10 Å². The Bertz CT molecular complexity index is 1050. The van der Waals surface area contributed by atoms with E-state index in [-0.39, 0.29) is 11.3 Å². The standard InChI is InChI=1S/C23H29N3O5S/c1-4-25(17(2)3)20-12-8-19(9-13-20)24-22(27)16-31-23(28)18-6-10-21(11-7-18)26-14-5-15-32(26,29)30/h6-13,17H,4-5,14-16H2,1-3H3,(H,24,27). The summed E-state index contributed by atoms with van der Waals surface area (Å²) >= 11 is 0. The topological polar surface area (TPSA) is 96.0 Å². The van der Waals surface area contributed by atoms with Gasteiger partial charge in [-0.1, -0.05) is 0 Å². The summed E-state index contributed by atoms with van der Waals surface area (Å²) in [4.78, 5) is 26.6. The minimum Gasteiger partial charge on any atom is -0.452 e. The van der Waals surface area contributed by atoms with Crippen LogP contribution in [0.4, 0.5) is 17.1 Å². The quantitative estimate of drug-likeness (QED) is 0.609. The van der Waals surface area contributed by atoms with Crippen molar-refractivity contribution in [1.29, 1.82) is 0 Å². The Hall–Kier alpha value is -3.07. The average Bonchev–Trinajstić information content (AvgIpc) is 3.12. The van der Waals surface area contributed by atoms with E-state index in [0.29, 0.717) is 30.4 Å². The summed E-state index contributed by atoms with van der Waals surface area (Å²) in [5, 5.41) is 2.71. The molecule has 0 spiro atoms. The first-order valence-electron chi connectivity index (χ1n) is 10.7. The van der Waals surface area contributed by atoms with Gasteiger partial charge in [0.15, 0.2) is 6.61 Å². The maximum Gasteiger partial charge on any atom is 0.338 e. The lowest BCUT2D eigenvalue weighted by atomic mass is 10.2. The van der Waals surface area contributed by atoms with Gasteiger partial charge >= 0.3 is 5.97 Å². The van der Waals surface area contributed by atoms with Crippen LogP contribution in [0.15, 0.2) is 48.5 Å². The fourth-order valence-corrected chi connectivity index (χ4v) is 5.25. The van der Waals surface area contributed by atoms with E-state index in [9.17, 15) is 18.0 Å². The van der Waals surface area contributed by atoms with Gasteiger partial charge in [0.25, 0.3) is 5.91 Å². The second-order valence-corrected chi connectivity index (χ2v) is 9.85. The summed E-state index contributed by atoms with van der Waals surface area (Å²) in [7, 11) is -3.28. The summed E-state index contributed by atoms with van der Waals surface area (Å²) in [6.07, 6.45) is 0.582. The molecular formula is C23H29N3O5S. The van der Waals surface area contributed by atoms with Gasteiger partial charge in [-0.05, 0) is 75.7 Å². The molecular weight excluding hydrogens is 430 g/mol. The van der Waals surface area contributed by atoms with Crippen molar-refractivity contribution in [3.63, 3.8) is 0 Å². The minimum absolute atomic E-state index is 0.128. The summed E-state index contributed by atoms with van der Waals surface area (Å²) in [5.74, 6) is -0.965. The molecule has 1 fully saturated rings. The summed E-state index contributed by atoms with van der Waals surface area (Å²) in [6, 6.07) is 14.0. The number of hydrogen-bond donors (Lipinski definition) is 1. The number of nitrogens with zero attached hydrogens (tertiary/aromatic N) is 2. The lowest BCUT2D eigenvalue weighted by Gasteiger charge is -2.27. The van der Waals surface area contributed by atoms with Gasteiger partial charge in [-0.25, -0.2) is 13.2 Å². The van der Waals surface area contributed by atoms with Crippen LogP contribution < -0.4 is 14.5 Å². The molecule has 1 saturated heterocycles. The van der Waals surface area contributed by atoms with Gasteiger partial charge in [0.1, 0.15) is 0 Å². The monoisotopic (exact) mass is 459 g/mol. The highest BCUT2D eigenvalue weighted by atomic mass is 32.2. The van der Waals surface area contributed by atoms with Crippen molar-refractivity contribution in [3.8, 4) is 0 Å². The second kappa shape index (κ2) is 10.0. The van der Waals surface area contributed by atoms with E-state index in [4.69, 9.17) is 4.74 Å². The Kier molecular flexibility index (Phi) is 7.40. The number of anilines is 3. The summed E-state index contributed by atoms with van der Waals surface area (Å²) in [6.45, 7) is 7.22. The van der Waals surface area contributed by atoms with E-state index >= 15 is 0 Å². The third kappa shape index (κ3) is 5.59. The number of carbonyl (C=O) groups is 2. The first-order chi connectivity index (χ1) is 15.2. The number of amides is 1. The van der Waals surface area contributed by atoms with Crippen LogP contribution in [0.25, 0.3) is 0 Å². The van der Waals surface area contributed by atoms with Crippen molar-refractivity contribution in [1.82, 2.24) is 0 Å². The van der Waals surface area contributed by atoms with Crippen molar-refractivity contribution in [2.45, 2.75) is 33.2 Å². The smallest absolute Gasteiger partial charge is 0.338 e. The lowest BCUT2D eigenvalue weighted by molar-refractivity contribution is -0.119. The number of carbonyl (C=O) groups excluding carboxylic acids is 2. The molecule has 0 bridgehead atoms. The molecule has 8 nitrogen and oxygen atoms in total. The van der Waals surface area contributed by atoms with Gasteiger partial charge in [-0.2, -0.15) is 0 Å². The van der Waals surface area contributed by atoms with Crippen LogP contribution in [-0.2, 0) is 19.6 Å². The average molecular weight is 460 g/mol. The van der Waals surface area contributed by atoms with E-state index in [2.05, 4.69) is 31.0 Å². The highest BCUT2D eigenvalue weighted by molar-refractivity contribution is 7.93. The number of nitrogens with one attached hydrogen (secondary N) is 1. The molecule has 172 valence electrons. The fraction of sp³-hybridized carbons (Fsp3) is 0.391. The Balaban J connectivity index is 1.52. The highest BCUT2D eigenvalue weighted by Gasteiger charge is 2.28. The SMILES string of the molecule is CCN(c1ccc(NC(=O)COC(=O)c2ccc(N3CCCS3(=O)=O)cc2)cc1)C(C)C. The molecule has 3 rings (SSSR count). The van der Waals surface area contributed by atoms with E-state index in [1.165, 1.54) is 16.4 Å². The van der Waals surface area contributed by atoms with Crippen LogP contribution >= 0.6 is 0 Å². The Morgan fingerprint density at radius 1 is 1.09 bits per heavy atom. The van der Waals surface area contributed by atoms with Crippen LogP contribution in [0.1, 0.15) is 37.6 Å². The Morgan fingerprint density at radius 2 is 1.75 bits per heavy atom. The molecule has 0 aliphatic carbocycles. The predicted molar refractivity (Wildman–Crippen MR) is 126 cm³/mol. The molecule has 2 aromatic carbocycles. The van der Waals surface area contributed by atoms with Crippen molar-refractivity contribution in [2.24, 2.45) is 0 Å². The van der Waals surface area contributed by atoms with Gasteiger partial charge in [0, 0.05) is 30.5 Å². The molecule has 0 aromatic heterocycles. The van der Waals surface area contributed by atoms with Crippen molar-refractivity contribution in [2.75, 3.05) is 40.0 Å². The fourth-order valence-electron chi connectivity index (χ4n) is 3.69. The molecule has 1 amide bonds. The normalized spacial score (nSPS) is 14.9. The van der Waals surface area contributed by atoms with Crippen molar-refractivity contribution in [3.05, 3.63) is 54.1 Å². The Labute approximate surface area is 189 Å². The maximum atomic E-state index is 12.2. The molecule has 0 atom stereocenters. The molecule has 32 heavy (non-hydrogen) atoms. The third-order valence-corrected chi connectivity index (χ3v) is 7.14. The van der Waals surface area contributed by atoms with E-state index < -0.39 is 28.5 Å². The molecule has 1 aliphatic rings. The van der Waals surface area contributed by atoms with Gasteiger partial charge in [-0.15, -0.1) is 0 Å². The number of sulfonamides is 1. The van der Waals surface area contributed by atoms with E-state index in [1.54, 1.807) is 12.1 Å². The zero-order chi connectivity index (χ0) is 23.3. The van der Waals surface area contributed by atoms with Crippen LogP contribution in [0.3, 0.4) is 0 Å². The highest BCUT2D eigenvalue weighted by Crippen LogP contribution is 2.24. The summed E-state index contributed by atoms with van der Waals surface area (Å²) in [5.41, 5.74) is 2.44. The van der Waals surface area contributed by atoms with Crippen LogP contribution in [-0.4, -0.2) is 51.8 Å². The largest absolute Gasteiger partial charge is 0.452 e. The van der Waals surface area contributed by atoms with Gasteiger partial charge < -0.3 is 15.0 Å². The van der Waals surface area contributed by atoms with Crippen LogP contribution in [0, 0.1) is 0 Å². The van der Waals surface area contributed by atoms with Crippen molar-refractivity contribution >= 4 is 39.0 Å². The van der Waals surface area contributed by atoms with Gasteiger partial charge in [0.05, 0.1) is 17.0 Å². The second-order valence-electron chi connectivity index (χ2n) is 7.84. The van der Waals surface area contributed by atoms with E-state index in [0.717, 1.165) is 12.2 Å². The van der Waals surface area contributed by atoms with Crippen molar-refractivity contribution < 1.29 is 22.7 Å². The number of hydrogen-bond acceptors (Lipinski definition) is 6. The van der Waals surface area contributed by atoms with E-state index in [1.807, 2.05) is 24.3 Å². The molecule has 9 heteroatoms. The summed E-state index contributed by atoms with van der Waals surface area (Å²) < 4.78 is 30.4. The first-order valence-corrected chi connectivity index (χ1v) is 12.3.